The van der Waals surface area contributed by atoms with E-state index in [0.717, 1.165) is 79.5 Å². The number of carboxylic acid groups (broad SMARTS) is 1. The van der Waals surface area contributed by atoms with Crippen molar-refractivity contribution in [2.24, 2.45) is 0 Å². The molecule has 5 rings (SSSR count). The van der Waals surface area contributed by atoms with E-state index in [2.05, 4.69) is 14.8 Å². The first-order valence-corrected chi connectivity index (χ1v) is 12.1. The van der Waals surface area contributed by atoms with Crippen LogP contribution in [0.15, 0.2) is 57.9 Å². The van der Waals surface area contributed by atoms with Crippen molar-refractivity contribution >= 4 is 45.3 Å². The number of aryl methyl sites for hydroxylation is 1. The van der Waals surface area contributed by atoms with Gasteiger partial charge in [-0.05, 0) is 61.7 Å². The summed E-state index contributed by atoms with van der Waals surface area (Å²) in [4.78, 5) is 30.8. The van der Waals surface area contributed by atoms with Crippen LogP contribution in [0.3, 0.4) is 0 Å². The fourth-order valence-corrected chi connectivity index (χ4v) is 4.94. The molecule has 0 atom stereocenters. The van der Waals surface area contributed by atoms with Crippen LogP contribution >= 0.6 is 11.6 Å². The Balaban J connectivity index is 1.14. The van der Waals surface area contributed by atoms with E-state index in [1.165, 1.54) is 0 Å². The maximum absolute atomic E-state index is 12.1. The van der Waals surface area contributed by atoms with Gasteiger partial charge in [0, 0.05) is 65.8 Å². The second-order valence-corrected chi connectivity index (χ2v) is 9.20. The molecular formula is C26H26ClN3O5. The lowest BCUT2D eigenvalue weighted by molar-refractivity contribution is 0.144. The van der Waals surface area contributed by atoms with E-state index in [1.54, 1.807) is 24.3 Å². The highest BCUT2D eigenvalue weighted by atomic mass is 35.5. The second-order valence-electron chi connectivity index (χ2n) is 8.77. The van der Waals surface area contributed by atoms with Crippen LogP contribution in [0.2, 0.25) is 5.02 Å². The van der Waals surface area contributed by atoms with E-state index in [9.17, 15) is 9.59 Å². The fraction of sp³-hybridized carbons (Fsp3) is 0.308. The quantitative estimate of drug-likeness (QED) is 0.159. The summed E-state index contributed by atoms with van der Waals surface area (Å²) in [6, 6.07) is 12.2. The van der Waals surface area contributed by atoms with Crippen molar-refractivity contribution < 1.29 is 19.1 Å². The molecule has 3 heterocycles. The maximum atomic E-state index is 12.1. The zero-order valence-corrected chi connectivity index (χ0v) is 19.9. The van der Waals surface area contributed by atoms with Gasteiger partial charge in [0.2, 0.25) is 0 Å². The zero-order chi connectivity index (χ0) is 24.4. The van der Waals surface area contributed by atoms with E-state index >= 15 is 0 Å². The number of fused-ring (bicyclic) bond motifs is 2. The number of aromatic nitrogens is 1. The summed E-state index contributed by atoms with van der Waals surface area (Å²) in [6.07, 6.45) is 3.68. The Bertz CT molecular complexity index is 1420. The molecule has 1 aliphatic heterocycles. The molecule has 9 heteroatoms. The molecule has 0 aliphatic carbocycles. The predicted octanol–water partition coefficient (Wildman–Crippen LogP) is 5.13. The van der Waals surface area contributed by atoms with Gasteiger partial charge in [-0.25, -0.2) is 9.59 Å². The molecule has 182 valence electrons. The highest BCUT2D eigenvalue weighted by Gasteiger charge is 2.20. The number of unbranched alkanes of at least 4 members (excludes halogenated alkanes) is 1. The van der Waals surface area contributed by atoms with Crippen LogP contribution in [-0.2, 0) is 6.42 Å². The summed E-state index contributed by atoms with van der Waals surface area (Å²) in [5, 5.41) is 11.3. The third-order valence-corrected chi connectivity index (χ3v) is 6.75. The van der Waals surface area contributed by atoms with Gasteiger partial charge in [0.15, 0.2) is 0 Å². The summed E-state index contributed by atoms with van der Waals surface area (Å²) in [7, 11) is 0. The number of ether oxygens (including phenoxy) is 1. The van der Waals surface area contributed by atoms with Crippen molar-refractivity contribution in [3.05, 3.63) is 69.7 Å². The lowest BCUT2D eigenvalue weighted by atomic mass is 10.1. The average Bonchev–Trinajstić information content (AvgIpc) is 3.23. The molecule has 0 unspecified atom stereocenters. The molecule has 2 N–H and O–H groups in total. The molecular weight excluding hydrogens is 470 g/mol. The predicted molar refractivity (Wildman–Crippen MR) is 136 cm³/mol. The fourth-order valence-electron chi connectivity index (χ4n) is 4.77. The second kappa shape index (κ2) is 10.0. The summed E-state index contributed by atoms with van der Waals surface area (Å²) >= 11 is 6.06. The molecule has 35 heavy (non-hydrogen) atoms. The molecule has 4 aromatic rings. The minimum atomic E-state index is -1.31. The molecule has 0 bridgehead atoms. The van der Waals surface area contributed by atoms with E-state index in [4.69, 9.17) is 25.9 Å². The highest BCUT2D eigenvalue weighted by Crippen LogP contribution is 2.28. The lowest BCUT2D eigenvalue weighted by Crippen LogP contribution is -2.46. The van der Waals surface area contributed by atoms with Crippen LogP contribution in [0.25, 0.3) is 21.9 Å². The Morgan fingerprint density at radius 1 is 1.06 bits per heavy atom. The van der Waals surface area contributed by atoms with Gasteiger partial charge in [0.05, 0.1) is 5.69 Å². The van der Waals surface area contributed by atoms with Gasteiger partial charge in [0.25, 0.3) is 0 Å². The molecule has 0 saturated carbocycles. The Morgan fingerprint density at radius 2 is 1.89 bits per heavy atom. The van der Waals surface area contributed by atoms with Crippen LogP contribution in [-0.4, -0.2) is 53.9 Å². The first-order chi connectivity index (χ1) is 17.0. The standard InChI is InChI=1S/C26H26ClN3O5/c27-18-4-6-20-23(15-25(31)35-24(20)13-18)30-11-9-29(10-12-30)8-2-1-3-17-16-28-22-7-5-19(14-21(17)22)34-26(32)33/h4-7,13-16,28H,1-3,8-12H2,(H,32,33). The highest BCUT2D eigenvalue weighted by molar-refractivity contribution is 6.31. The molecule has 8 nitrogen and oxygen atoms in total. The van der Waals surface area contributed by atoms with E-state index in [0.29, 0.717) is 16.4 Å². The van der Waals surface area contributed by atoms with E-state index in [1.807, 2.05) is 24.4 Å². The summed E-state index contributed by atoms with van der Waals surface area (Å²) in [5.41, 5.74) is 3.18. The van der Waals surface area contributed by atoms with Crippen LogP contribution in [0, 0.1) is 0 Å². The average molecular weight is 496 g/mol. The monoisotopic (exact) mass is 495 g/mol. The van der Waals surface area contributed by atoms with Gasteiger partial charge >= 0.3 is 11.8 Å². The summed E-state index contributed by atoms with van der Waals surface area (Å²) < 4.78 is 10.1. The Hall–Kier alpha value is -3.49. The minimum Gasteiger partial charge on any atom is -0.449 e. The van der Waals surface area contributed by atoms with Crippen molar-refractivity contribution in [2.75, 3.05) is 37.6 Å². The summed E-state index contributed by atoms with van der Waals surface area (Å²) in [5.74, 6) is 0.329. The molecule has 1 fully saturated rings. The van der Waals surface area contributed by atoms with Crippen LogP contribution in [0.5, 0.6) is 5.75 Å². The Labute approximate surface area is 206 Å². The number of hydrogen-bond donors (Lipinski definition) is 2. The number of nitrogens with zero attached hydrogens (tertiary/aromatic N) is 2. The molecule has 0 spiro atoms. The zero-order valence-electron chi connectivity index (χ0n) is 19.1. The summed E-state index contributed by atoms with van der Waals surface area (Å²) in [6.45, 7) is 4.55. The largest absolute Gasteiger partial charge is 0.511 e. The number of anilines is 1. The third kappa shape index (κ3) is 5.28. The normalized spacial score (nSPS) is 14.6. The molecule has 2 aromatic heterocycles. The van der Waals surface area contributed by atoms with Crippen molar-refractivity contribution in [1.29, 1.82) is 0 Å². The number of nitrogens with one attached hydrogen (secondary N) is 1. The van der Waals surface area contributed by atoms with E-state index < -0.39 is 6.16 Å². The molecule has 1 aliphatic rings. The lowest BCUT2D eigenvalue weighted by Gasteiger charge is -2.36. The Morgan fingerprint density at radius 3 is 2.69 bits per heavy atom. The van der Waals surface area contributed by atoms with Gasteiger partial charge < -0.3 is 24.1 Å². The Kier molecular flexibility index (Phi) is 6.66. The van der Waals surface area contributed by atoms with Crippen molar-refractivity contribution in [1.82, 2.24) is 9.88 Å². The first-order valence-electron chi connectivity index (χ1n) is 11.7. The van der Waals surface area contributed by atoms with Gasteiger partial charge in [-0.1, -0.05) is 11.6 Å². The third-order valence-electron chi connectivity index (χ3n) is 6.51. The number of H-pyrrole nitrogens is 1. The molecule has 2 aromatic carbocycles. The number of aromatic amines is 1. The topological polar surface area (TPSA) is 99.0 Å². The maximum Gasteiger partial charge on any atom is 0.511 e. The van der Waals surface area contributed by atoms with Gasteiger partial charge in [-0.15, -0.1) is 0 Å². The van der Waals surface area contributed by atoms with Crippen molar-refractivity contribution in [3.8, 4) is 5.75 Å². The van der Waals surface area contributed by atoms with Gasteiger partial charge in [-0.3, -0.25) is 4.90 Å². The number of rotatable bonds is 7. The smallest absolute Gasteiger partial charge is 0.449 e. The number of piperazine rings is 1. The molecule has 0 radical (unpaired) electrons. The number of hydrogen-bond acceptors (Lipinski definition) is 6. The van der Waals surface area contributed by atoms with Crippen LogP contribution < -0.4 is 15.3 Å². The molecule has 0 amide bonds. The number of carbonyl (C=O) groups is 1. The van der Waals surface area contributed by atoms with Crippen molar-refractivity contribution in [2.45, 2.75) is 19.3 Å². The number of halogens is 1. The SMILES string of the molecule is O=C(O)Oc1ccc2[nH]cc(CCCCN3CCN(c4cc(=O)oc5cc(Cl)ccc45)CC3)c2c1. The van der Waals surface area contributed by atoms with Crippen LogP contribution in [0.4, 0.5) is 10.5 Å². The van der Waals surface area contributed by atoms with Gasteiger partial charge in [-0.2, -0.15) is 0 Å². The number of benzene rings is 2. The van der Waals surface area contributed by atoms with Crippen molar-refractivity contribution in [3.63, 3.8) is 0 Å². The van der Waals surface area contributed by atoms with E-state index in [-0.39, 0.29) is 5.63 Å². The van der Waals surface area contributed by atoms with Crippen LogP contribution in [0.1, 0.15) is 18.4 Å². The molecule has 1 saturated heterocycles. The van der Waals surface area contributed by atoms with Gasteiger partial charge in [0.1, 0.15) is 11.3 Å². The first kappa shape index (κ1) is 23.3. The minimum absolute atomic E-state index is 0.329.